The van der Waals surface area contributed by atoms with Crippen molar-refractivity contribution in [2.24, 2.45) is 5.92 Å². The van der Waals surface area contributed by atoms with Crippen LogP contribution in [0.3, 0.4) is 0 Å². The Morgan fingerprint density at radius 2 is 2.00 bits per heavy atom. The average Bonchev–Trinajstić information content (AvgIpc) is 3.25. The highest BCUT2D eigenvalue weighted by atomic mass is 32.1. The van der Waals surface area contributed by atoms with E-state index in [0.29, 0.717) is 5.92 Å². The van der Waals surface area contributed by atoms with Crippen LogP contribution in [-0.4, -0.2) is 70.6 Å². The smallest absolute Gasteiger partial charge is 0.268 e. The molecule has 2 saturated heterocycles. The van der Waals surface area contributed by atoms with E-state index in [2.05, 4.69) is 41.8 Å². The van der Waals surface area contributed by atoms with Crippen molar-refractivity contribution < 1.29 is 0 Å². The molecular formula is C22H28N6OS. The lowest BCUT2D eigenvalue weighted by Gasteiger charge is -2.39. The monoisotopic (exact) mass is 424 g/mol. The molecule has 0 spiro atoms. The van der Waals surface area contributed by atoms with Crippen molar-refractivity contribution in [3.05, 3.63) is 52.0 Å². The zero-order chi connectivity index (χ0) is 20.3. The Hall–Kier alpha value is -2.29. The van der Waals surface area contributed by atoms with Crippen LogP contribution in [-0.2, 0) is 6.54 Å². The standard InChI is InChI=1S/C22H28N6OS/c29-22-21-18(6-13-30-21)24-19(25-22)16-27-8-3-4-17(15-27)14-26-9-11-28(12-10-26)20-5-1-2-7-23-20/h1-2,5-7,13,17H,3-4,8-12,14-16H2,(H,24,25,29). The first-order valence-corrected chi connectivity index (χ1v) is 11.7. The zero-order valence-electron chi connectivity index (χ0n) is 17.2. The number of likely N-dealkylation sites (tertiary alicyclic amines) is 1. The number of anilines is 1. The fourth-order valence-electron chi connectivity index (χ4n) is 4.72. The summed E-state index contributed by atoms with van der Waals surface area (Å²) in [5.41, 5.74) is 0.808. The number of fused-ring (bicyclic) bond motifs is 1. The van der Waals surface area contributed by atoms with Crippen molar-refractivity contribution in [1.29, 1.82) is 0 Å². The summed E-state index contributed by atoms with van der Waals surface area (Å²) in [6, 6.07) is 8.06. The number of nitrogens with zero attached hydrogens (tertiary/aromatic N) is 5. The fraction of sp³-hybridized carbons (Fsp3) is 0.500. The Balaban J connectivity index is 1.15. The number of piperidine rings is 1. The number of hydrogen-bond donors (Lipinski definition) is 1. The Kier molecular flexibility index (Phi) is 5.79. The molecule has 0 aliphatic carbocycles. The Labute approximate surface area is 180 Å². The van der Waals surface area contributed by atoms with Gasteiger partial charge in [0.05, 0.1) is 12.1 Å². The number of aromatic amines is 1. The number of rotatable bonds is 5. The second-order valence-electron chi connectivity index (χ2n) is 8.37. The van der Waals surface area contributed by atoms with Gasteiger partial charge in [0.25, 0.3) is 5.56 Å². The summed E-state index contributed by atoms with van der Waals surface area (Å²) in [6.45, 7) is 8.30. The van der Waals surface area contributed by atoms with Crippen molar-refractivity contribution in [1.82, 2.24) is 24.8 Å². The third-order valence-corrected chi connectivity index (χ3v) is 7.10. The van der Waals surface area contributed by atoms with E-state index < -0.39 is 0 Å². The maximum Gasteiger partial charge on any atom is 0.268 e. The summed E-state index contributed by atoms with van der Waals surface area (Å²) >= 11 is 1.45. The second kappa shape index (κ2) is 8.83. The molecule has 2 fully saturated rings. The number of thiophene rings is 1. The second-order valence-corrected chi connectivity index (χ2v) is 9.28. The van der Waals surface area contributed by atoms with Crippen molar-refractivity contribution in [2.45, 2.75) is 19.4 Å². The van der Waals surface area contributed by atoms with Crippen LogP contribution in [0.2, 0.25) is 0 Å². The van der Waals surface area contributed by atoms with E-state index in [1.54, 1.807) is 0 Å². The predicted molar refractivity (Wildman–Crippen MR) is 121 cm³/mol. The molecule has 0 saturated carbocycles. The highest BCUT2D eigenvalue weighted by Crippen LogP contribution is 2.21. The summed E-state index contributed by atoms with van der Waals surface area (Å²) in [7, 11) is 0. The molecular weight excluding hydrogens is 396 g/mol. The van der Waals surface area contributed by atoms with Crippen LogP contribution >= 0.6 is 11.3 Å². The maximum absolute atomic E-state index is 12.2. The van der Waals surface area contributed by atoms with E-state index in [9.17, 15) is 4.79 Å². The summed E-state index contributed by atoms with van der Waals surface area (Å²) in [5, 5.41) is 1.93. The SMILES string of the molecule is O=c1[nH]c(CN2CCCC(CN3CCN(c4ccccn4)CC3)C2)nc2ccsc12. The Bertz CT molecular complexity index is 1030. The molecule has 0 aromatic carbocycles. The molecule has 0 radical (unpaired) electrons. The van der Waals surface area contributed by atoms with Gasteiger partial charge in [-0.2, -0.15) is 0 Å². The molecule has 1 N–H and O–H groups in total. The van der Waals surface area contributed by atoms with Crippen molar-refractivity contribution in [2.75, 3.05) is 50.7 Å². The van der Waals surface area contributed by atoms with Gasteiger partial charge >= 0.3 is 0 Å². The van der Waals surface area contributed by atoms with E-state index >= 15 is 0 Å². The highest BCUT2D eigenvalue weighted by molar-refractivity contribution is 7.17. The van der Waals surface area contributed by atoms with E-state index in [4.69, 9.17) is 0 Å². The first-order valence-electron chi connectivity index (χ1n) is 10.8. The van der Waals surface area contributed by atoms with Crippen LogP contribution < -0.4 is 10.5 Å². The fourth-order valence-corrected chi connectivity index (χ4v) is 5.44. The van der Waals surface area contributed by atoms with Gasteiger partial charge in [-0.15, -0.1) is 11.3 Å². The minimum absolute atomic E-state index is 0.00987. The van der Waals surface area contributed by atoms with Crippen molar-refractivity contribution in [3.8, 4) is 0 Å². The Morgan fingerprint density at radius 3 is 2.83 bits per heavy atom. The quantitative estimate of drug-likeness (QED) is 0.678. The third-order valence-electron chi connectivity index (χ3n) is 6.20. The summed E-state index contributed by atoms with van der Waals surface area (Å²) < 4.78 is 0.722. The lowest BCUT2D eigenvalue weighted by molar-refractivity contribution is 0.123. The van der Waals surface area contributed by atoms with Gasteiger partial charge < -0.3 is 9.88 Å². The number of nitrogens with one attached hydrogen (secondary N) is 1. The van der Waals surface area contributed by atoms with Gasteiger partial charge in [0.1, 0.15) is 16.3 Å². The van der Waals surface area contributed by atoms with Crippen LogP contribution in [0.5, 0.6) is 0 Å². The van der Waals surface area contributed by atoms with Gasteiger partial charge in [-0.05, 0) is 48.9 Å². The minimum Gasteiger partial charge on any atom is -0.354 e. The van der Waals surface area contributed by atoms with Crippen LogP contribution in [0.25, 0.3) is 10.2 Å². The molecule has 2 aliphatic rings. The number of H-pyrrole nitrogens is 1. The summed E-state index contributed by atoms with van der Waals surface area (Å²) in [5.74, 6) is 2.55. The summed E-state index contributed by atoms with van der Waals surface area (Å²) in [4.78, 5) is 31.8. The molecule has 5 heterocycles. The number of aromatic nitrogens is 3. The molecule has 2 aliphatic heterocycles. The average molecular weight is 425 g/mol. The van der Waals surface area contributed by atoms with Gasteiger partial charge in [0.15, 0.2) is 0 Å². The number of pyridine rings is 1. The number of hydrogen-bond acceptors (Lipinski definition) is 7. The van der Waals surface area contributed by atoms with E-state index in [0.717, 1.165) is 74.2 Å². The molecule has 30 heavy (non-hydrogen) atoms. The topological polar surface area (TPSA) is 68.4 Å². The first-order chi connectivity index (χ1) is 14.7. The minimum atomic E-state index is -0.00987. The zero-order valence-corrected chi connectivity index (χ0v) is 18.0. The van der Waals surface area contributed by atoms with Gasteiger partial charge in [0, 0.05) is 45.5 Å². The summed E-state index contributed by atoms with van der Waals surface area (Å²) in [6.07, 6.45) is 4.37. The predicted octanol–water partition coefficient (Wildman–Crippen LogP) is 2.41. The van der Waals surface area contributed by atoms with E-state index in [1.165, 1.54) is 24.2 Å². The van der Waals surface area contributed by atoms with Gasteiger partial charge in [-0.1, -0.05) is 6.07 Å². The highest BCUT2D eigenvalue weighted by Gasteiger charge is 2.25. The normalized spacial score (nSPS) is 21.3. The maximum atomic E-state index is 12.2. The van der Waals surface area contributed by atoms with Crippen LogP contribution in [0.1, 0.15) is 18.7 Å². The molecule has 3 aromatic rings. The molecule has 8 heteroatoms. The van der Waals surface area contributed by atoms with Crippen molar-refractivity contribution in [3.63, 3.8) is 0 Å². The van der Waals surface area contributed by atoms with Gasteiger partial charge in [-0.25, -0.2) is 9.97 Å². The lowest BCUT2D eigenvalue weighted by atomic mass is 9.97. The molecule has 1 unspecified atom stereocenters. The lowest BCUT2D eigenvalue weighted by Crippen LogP contribution is -2.49. The molecule has 0 amide bonds. The van der Waals surface area contributed by atoms with Gasteiger partial charge in [0.2, 0.25) is 0 Å². The van der Waals surface area contributed by atoms with E-state index in [-0.39, 0.29) is 5.56 Å². The largest absolute Gasteiger partial charge is 0.354 e. The van der Waals surface area contributed by atoms with Crippen LogP contribution in [0.4, 0.5) is 5.82 Å². The van der Waals surface area contributed by atoms with Crippen molar-refractivity contribution >= 4 is 27.4 Å². The van der Waals surface area contributed by atoms with Crippen LogP contribution in [0.15, 0.2) is 40.6 Å². The van der Waals surface area contributed by atoms with E-state index in [1.807, 2.05) is 23.7 Å². The molecule has 3 aromatic heterocycles. The molecule has 0 bridgehead atoms. The third kappa shape index (κ3) is 4.40. The molecule has 5 rings (SSSR count). The van der Waals surface area contributed by atoms with Crippen LogP contribution in [0, 0.1) is 5.92 Å². The molecule has 158 valence electrons. The Morgan fingerprint density at radius 1 is 1.10 bits per heavy atom. The first kappa shape index (κ1) is 19.7. The number of piperazine rings is 1. The van der Waals surface area contributed by atoms with Gasteiger partial charge in [-0.3, -0.25) is 14.6 Å². The molecule has 7 nitrogen and oxygen atoms in total. The molecule has 1 atom stereocenters.